The Morgan fingerprint density at radius 2 is 2.50 bits per heavy atom. The molecule has 0 radical (unpaired) electrons. The molecule has 0 unspecified atom stereocenters. The van der Waals surface area contributed by atoms with Crippen molar-refractivity contribution in [3.63, 3.8) is 0 Å². The van der Waals surface area contributed by atoms with Gasteiger partial charge in [0.15, 0.2) is 10.1 Å². The molecule has 0 bridgehead atoms. The van der Waals surface area contributed by atoms with Crippen LogP contribution in [0.2, 0.25) is 5.15 Å². The minimum atomic E-state index is -0.174. The Balaban J connectivity index is 1.68. The van der Waals surface area contributed by atoms with Crippen molar-refractivity contribution >= 4 is 39.9 Å². The molecule has 0 aliphatic carbocycles. The van der Waals surface area contributed by atoms with E-state index in [4.69, 9.17) is 11.6 Å². The number of aromatic nitrogens is 3. The van der Waals surface area contributed by atoms with Crippen LogP contribution in [0.5, 0.6) is 0 Å². The summed E-state index contributed by atoms with van der Waals surface area (Å²) in [4.78, 5) is 19.7. The van der Waals surface area contributed by atoms with Gasteiger partial charge in [0.2, 0.25) is 5.91 Å². The van der Waals surface area contributed by atoms with E-state index in [0.29, 0.717) is 17.4 Å². The first-order chi connectivity index (χ1) is 9.74. The van der Waals surface area contributed by atoms with Crippen LogP contribution < -0.4 is 5.32 Å². The van der Waals surface area contributed by atoms with E-state index in [1.54, 1.807) is 6.08 Å². The number of H-pyrrole nitrogens is 1. The summed E-state index contributed by atoms with van der Waals surface area (Å²) >= 11 is 7.53. The van der Waals surface area contributed by atoms with Crippen LogP contribution in [0.15, 0.2) is 36.1 Å². The minimum Gasteiger partial charge on any atom is -0.367 e. The molecule has 20 heavy (non-hydrogen) atoms. The predicted molar refractivity (Wildman–Crippen MR) is 79.8 cm³/mol. The lowest BCUT2D eigenvalue weighted by Gasteiger charge is -1.99. The lowest BCUT2D eigenvalue weighted by Crippen LogP contribution is -2.19. The van der Waals surface area contributed by atoms with Crippen molar-refractivity contribution in [1.29, 1.82) is 0 Å². The lowest BCUT2D eigenvalue weighted by molar-refractivity contribution is -0.116. The van der Waals surface area contributed by atoms with Crippen LogP contribution in [-0.4, -0.2) is 20.3 Å². The summed E-state index contributed by atoms with van der Waals surface area (Å²) in [5.41, 5.74) is 1.73. The molecule has 1 amide bonds. The van der Waals surface area contributed by atoms with E-state index in [-0.39, 0.29) is 5.91 Å². The summed E-state index contributed by atoms with van der Waals surface area (Å²) < 4.78 is 1.85. The van der Waals surface area contributed by atoms with Crippen LogP contribution in [0.25, 0.3) is 11.0 Å². The minimum absolute atomic E-state index is 0.174. The third-order valence-corrected chi connectivity index (χ3v) is 3.81. The summed E-state index contributed by atoms with van der Waals surface area (Å²) in [6.45, 7) is 0.487. The van der Waals surface area contributed by atoms with Crippen LogP contribution in [0.1, 0.15) is 11.3 Å². The molecule has 0 spiro atoms. The zero-order valence-corrected chi connectivity index (χ0v) is 11.9. The number of nitrogens with zero attached hydrogens (tertiary/aromatic N) is 2. The van der Waals surface area contributed by atoms with Gasteiger partial charge < -0.3 is 10.3 Å². The first-order valence-electron chi connectivity index (χ1n) is 5.92. The maximum Gasteiger partial charge on any atom is 0.244 e. The molecular weight excluding hydrogens is 296 g/mol. The van der Waals surface area contributed by atoms with Gasteiger partial charge >= 0.3 is 0 Å². The van der Waals surface area contributed by atoms with Crippen LogP contribution in [0.4, 0.5) is 0 Å². The molecular formula is C13H11ClN4OS. The van der Waals surface area contributed by atoms with E-state index in [1.807, 2.05) is 34.4 Å². The zero-order chi connectivity index (χ0) is 13.9. The Kier molecular flexibility index (Phi) is 3.58. The number of fused-ring (bicyclic) bond motifs is 1. The van der Waals surface area contributed by atoms with E-state index >= 15 is 0 Å². The quantitative estimate of drug-likeness (QED) is 0.728. The van der Waals surface area contributed by atoms with Gasteiger partial charge in [-0.15, -0.1) is 11.3 Å². The topological polar surface area (TPSA) is 62.2 Å². The number of carbonyl (C=O) groups is 1. The van der Waals surface area contributed by atoms with Gasteiger partial charge in [-0.2, -0.15) is 0 Å². The third kappa shape index (κ3) is 2.61. The number of hydrogen-bond acceptors (Lipinski definition) is 3. The molecule has 2 N–H and O–H groups in total. The summed E-state index contributed by atoms with van der Waals surface area (Å²) in [5, 5.41) is 5.11. The second-order valence-corrected chi connectivity index (χ2v) is 5.34. The smallest absolute Gasteiger partial charge is 0.244 e. The molecule has 7 heteroatoms. The maximum absolute atomic E-state index is 11.7. The van der Waals surface area contributed by atoms with Gasteiger partial charge in [0, 0.05) is 36.6 Å². The van der Waals surface area contributed by atoms with Gasteiger partial charge in [-0.1, -0.05) is 11.6 Å². The third-order valence-electron chi connectivity index (χ3n) is 2.78. The van der Waals surface area contributed by atoms with Crippen molar-refractivity contribution in [2.75, 3.05) is 0 Å². The zero-order valence-electron chi connectivity index (χ0n) is 10.3. The first-order valence-corrected chi connectivity index (χ1v) is 7.18. The lowest BCUT2D eigenvalue weighted by atomic mass is 10.3. The summed E-state index contributed by atoms with van der Waals surface area (Å²) in [6, 6.07) is 1.91. The molecule has 3 aromatic rings. The maximum atomic E-state index is 11.7. The highest BCUT2D eigenvalue weighted by Gasteiger charge is 2.08. The van der Waals surface area contributed by atoms with Crippen molar-refractivity contribution in [2.45, 2.75) is 6.54 Å². The van der Waals surface area contributed by atoms with Crippen LogP contribution >= 0.6 is 22.9 Å². The Morgan fingerprint density at radius 3 is 3.30 bits per heavy atom. The number of thiazole rings is 1. The normalized spacial score (nSPS) is 11.4. The molecule has 3 heterocycles. The van der Waals surface area contributed by atoms with Crippen molar-refractivity contribution < 1.29 is 4.79 Å². The SMILES string of the molecule is O=C(/C=C/c1c(Cl)nc2sccn12)NCc1cc[nH]c1. The standard InChI is InChI=1S/C13H11ClN4OS/c14-12-10(18-5-6-20-13(18)17-12)1-2-11(19)16-8-9-3-4-15-7-9/h1-7,15H,8H2,(H,16,19)/b2-1+. The van der Waals surface area contributed by atoms with Gasteiger partial charge in [0.1, 0.15) is 0 Å². The number of nitrogens with one attached hydrogen (secondary N) is 2. The molecule has 3 aromatic heterocycles. The number of halogens is 1. The molecule has 3 rings (SSSR count). The second-order valence-electron chi connectivity index (χ2n) is 4.11. The highest BCUT2D eigenvalue weighted by atomic mass is 35.5. The van der Waals surface area contributed by atoms with Crippen LogP contribution in [0, 0.1) is 0 Å². The summed E-state index contributed by atoms with van der Waals surface area (Å²) in [6.07, 6.45) is 8.65. The fourth-order valence-electron chi connectivity index (χ4n) is 1.80. The van der Waals surface area contributed by atoms with E-state index < -0.39 is 0 Å². The van der Waals surface area contributed by atoms with E-state index in [9.17, 15) is 4.79 Å². The van der Waals surface area contributed by atoms with Gasteiger partial charge in [0.25, 0.3) is 0 Å². The Morgan fingerprint density at radius 1 is 1.60 bits per heavy atom. The molecule has 5 nitrogen and oxygen atoms in total. The van der Waals surface area contributed by atoms with Crippen molar-refractivity contribution in [3.05, 3.63) is 52.5 Å². The largest absolute Gasteiger partial charge is 0.367 e. The highest BCUT2D eigenvalue weighted by molar-refractivity contribution is 7.15. The number of rotatable bonds is 4. The molecule has 0 saturated carbocycles. The van der Waals surface area contributed by atoms with Crippen LogP contribution in [-0.2, 0) is 11.3 Å². The highest BCUT2D eigenvalue weighted by Crippen LogP contribution is 2.22. The van der Waals surface area contributed by atoms with E-state index in [2.05, 4.69) is 15.3 Å². The van der Waals surface area contributed by atoms with Crippen molar-refractivity contribution in [2.24, 2.45) is 0 Å². The van der Waals surface area contributed by atoms with Crippen molar-refractivity contribution in [1.82, 2.24) is 19.7 Å². The molecule has 0 fully saturated rings. The van der Waals surface area contributed by atoms with Gasteiger partial charge in [0.05, 0.1) is 5.69 Å². The van der Waals surface area contributed by atoms with Crippen LogP contribution in [0.3, 0.4) is 0 Å². The Bertz CT molecular complexity index is 757. The van der Waals surface area contributed by atoms with Gasteiger partial charge in [-0.05, 0) is 17.7 Å². The molecule has 0 saturated heterocycles. The fourth-order valence-corrected chi connectivity index (χ4v) is 2.80. The number of amides is 1. The fraction of sp³-hybridized carbons (Fsp3) is 0.0769. The Labute approximate surface area is 123 Å². The molecule has 0 aliphatic rings. The number of imidazole rings is 1. The summed E-state index contributed by atoms with van der Waals surface area (Å²) in [5.74, 6) is -0.174. The molecule has 0 atom stereocenters. The number of carbonyl (C=O) groups excluding carboxylic acids is 1. The van der Waals surface area contributed by atoms with Gasteiger partial charge in [-0.3, -0.25) is 9.20 Å². The monoisotopic (exact) mass is 306 g/mol. The predicted octanol–water partition coefficient (Wildman–Crippen LogP) is 2.71. The second kappa shape index (κ2) is 5.52. The van der Waals surface area contributed by atoms with E-state index in [1.165, 1.54) is 17.4 Å². The van der Waals surface area contributed by atoms with E-state index in [0.717, 1.165) is 10.5 Å². The number of hydrogen-bond donors (Lipinski definition) is 2. The van der Waals surface area contributed by atoms with Gasteiger partial charge in [-0.25, -0.2) is 4.98 Å². The first kappa shape index (κ1) is 13.0. The summed E-state index contributed by atoms with van der Waals surface area (Å²) in [7, 11) is 0. The molecule has 102 valence electrons. The average Bonchev–Trinajstić information content (AvgIpc) is 3.11. The molecule has 0 aromatic carbocycles. The Hall–Kier alpha value is -2.05. The molecule has 0 aliphatic heterocycles. The van der Waals surface area contributed by atoms with Crippen molar-refractivity contribution in [3.8, 4) is 0 Å². The number of aromatic amines is 1. The average molecular weight is 307 g/mol.